The van der Waals surface area contributed by atoms with Crippen LogP contribution in [-0.2, 0) is 11.2 Å². The van der Waals surface area contributed by atoms with Crippen LogP contribution >= 0.6 is 23.2 Å². The van der Waals surface area contributed by atoms with Crippen molar-refractivity contribution >= 4 is 23.2 Å². The quantitative estimate of drug-likeness (QED) is 0.916. The molecule has 1 saturated heterocycles. The summed E-state index contributed by atoms with van der Waals surface area (Å²) in [5.74, 6) is 0.484. The highest BCUT2D eigenvalue weighted by molar-refractivity contribution is 6.35. The molecule has 1 aliphatic heterocycles. The maximum atomic E-state index is 10.5. The second kappa shape index (κ2) is 6.01. The molecular formula is C15H20Cl2O2. The minimum atomic E-state index is -0.450. The highest BCUT2D eigenvalue weighted by Gasteiger charge is 2.41. The predicted octanol–water partition coefficient (Wildman–Crippen LogP) is 3.96. The first-order valence-corrected chi connectivity index (χ1v) is 7.43. The molecule has 5 atom stereocenters. The van der Waals surface area contributed by atoms with Crippen LogP contribution in [0.4, 0.5) is 0 Å². The SMILES string of the molecule is CC1OC(C)C(C(O)Cc2ccc(Cl)cc2Cl)C1C. The van der Waals surface area contributed by atoms with E-state index in [9.17, 15) is 5.11 Å². The number of aliphatic hydroxyl groups is 1. The standard InChI is InChI=1S/C15H20Cl2O2/c1-8-9(2)19-10(3)15(8)14(18)6-11-4-5-12(16)7-13(11)17/h4-5,7-10,14-15,18H,6H2,1-3H3. The number of hydrogen-bond acceptors (Lipinski definition) is 2. The molecule has 19 heavy (non-hydrogen) atoms. The van der Waals surface area contributed by atoms with Crippen LogP contribution in [-0.4, -0.2) is 23.4 Å². The van der Waals surface area contributed by atoms with Crippen molar-refractivity contribution in [3.63, 3.8) is 0 Å². The van der Waals surface area contributed by atoms with Gasteiger partial charge in [0.1, 0.15) is 0 Å². The van der Waals surface area contributed by atoms with E-state index in [4.69, 9.17) is 27.9 Å². The van der Waals surface area contributed by atoms with Gasteiger partial charge in [0.2, 0.25) is 0 Å². The van der Waals surface area contributed by atoms with E-state index in [-0.39, 0.29) is 18.1 Å². The zero-order valence-electron chi connectivity index (χ0n) is 11.4. The first-order valence-electron chi connectivity index (χ1n) is 6.67. The van der Waals surface area contributed by atoms with Crippen LogP contribution in [0.15, 0.2) is 18.2 Å². The second-order valence-corrected chi connectivity index (χ2v) is 6.33. The third kappa shape index (κ3) is 3.25. The van der Waals surface area contributed by atoms with E-state index in [0.717, 1.165) is 5.56 Å². The predicted molar refractivity (Wildman–Crippen MR) is 78.8 cm³/mol. The monoisotopic (exact) mass is 302 g/mol. The lowest BCUT2D eigenvalue weighted by molar-refractivity contribution is 0.0240. The van der Waals surface area contributed by atoms with Gasteiger partial charge in [-0.05, 0) is 37.5 Å². The maximum Gasteiger partial charge on any atom is 0.0637 e. The Labute approximate surface area is 124 Å². The van der Waals surface area contributed by atoms with Gasteiger partial charge in [0, 0.05) is 22.4 Å². The molecule has 4 heteroatoms. The number of halogens is 2. The Morgan fingerprint density at radius 1 is 1.21 bits per heavy atom. The van der Waals surface area contributed by atoms with Crippen molar-refractivity contribution in [1.82, 2.24) is 0 Å². The van der Waals surface area contributed by atoms with E-state index >= 15 is 0 Å². The minimum absolute atomic E-state index is 0.0751. The Hall–Kier alpha value is -0.280. The van der Waals surface area contributed by atoms with Crippen LogP contribution in [0.5, 0.6) is 0 Å². The second-order valence-electron chi connectivity index (χ2n) is 5.49. The number of ether oxygens (including phenoxy) is 1. The summed E-state index contributed by atoms with van der Waals surface area (Å²) < 4.78 is 5.78. The van der Waals surface area contributed by atoms with Crippen molar-refractivity contribution < 1.29 is 9.84 Å². The van der Waals surface area contributed by atoms with E-state index < -0.39 is 6.10 Å². The van der Waals surface area contributed by atoms with Gasteiger partial charge in [-0.2, -0.15) is 0 Å². The van der Waals surface area contributed by atoms with E-state index in [1.807, 2.05) is 13.0 Å². The summed E-state index contributed by atoms with van der Waals surface area (Å²) >= 11 is 12.0. The van der Waals surface area contributed by atoms with Gasteiger partial charge in [-0.1, -0.05) is 36.2 Å². The molecule has 2 rings (SSSR count). The van der Waals surface area contributed by atoms with Crippen LogP contribution in [0.25, 0.3) is 0 Å². The molecule has 0 bridgehead atoms. The van der Waals surface area contributed by atoms with E-state index in [1.54, 1.807) is 12.1 Å². The Morgan fingerprint density at radius 2 is 1.89 bits per heavy atom. The van der Waals surface area contributed by atoms with Crippen molar-refractivity contribution in [2.75, 3.05) is 0 Å². The lowest BCUT2D eigenvalue weighted by Gasteiger charge is -2.25. The van der Waals surface area contributed by atoms with Gasteiger partial charge in [-0.3, -0.25) is 0 Å². The van der Waals surface area contributed by atoms with Gasteiger partial charge in [0.15, 0.2) is 0 Å². The van der Waals surface area contributed by atoms with Crippen LogP contribution in [0.3, 0.4) is 0 Å². The molecule has 0 radical (unpaired) electrons. The van der Waals surface area contributed by atoms with Crippen LogP contribution in [0.1, 0.15) is 26.3 Å². The average molecular weight is 303 g/mol. The summed E-state index contributed by atoms with van der Waals surface area (Å²) in [4.78, 5) is 0. The lowest BCUT2D eigenvalue weighted by Crippen LogP contribution is -2.32. The molecule has 1 fully saturated rings. The van der Waals surface area contributed by atoms with Crippen molar-refractivity contribution in [3.05, 3.63) is 33.8 Å². The molecule has 106 valence electrons. The summed E-state index contributed by atoms with van der Waals surface area (Å²) in [6, 6.07) is 5.39. The molecule has 0 saturated carbocycles. The average Bonchev–Trinajstić information content (AvgIpc) is 2.57. The molecule has 1 heterocycles. The van der Waals surface area contributed by atoms with Gasteiger partial charge < -0.3 is 9.84 Å². The van der Waals surface area contributed by atoms with Gasteiger partial charge in [0.25, 0.3) is 0 Å². The zero-order valence-corrected chi connectivity index (χ0v) is 12.9. The van der Waals surface area contributed by atoms with Crippen molar-refractivity contribution in [1.29, 1.82) is 0 Å². The number of benzene rings is 1. The van der Waals surface area contributed by atoms with Gasteiger partial charge in [-0.25, -0.2) is 0 Å². The largest absolute Gasteiger partial charge is 0.392 e. The van der Waals surface area contributed by atoms with Gasteiger partial charge in [0.05, 0.1) is 18.3 Å². The third-order valence-corrected chi connectivity index (χ3v) is 4.79. The van der Waals surface area contributed by atoms with Crippen molar-refractivity contribution in [2.24, 2.45) is 11.8 Å². The summed E-state index contributed by atoms with van der Waals surface area (Å²) in [5.41, 5.74) is 0.928. The molecule has 1 aromatic rings. The van der Waals surface area contributed by atoms with Crippen LogP contribution in [0.2, 0.25) is 10.0 Å². The molecule has 0 aliphatic carbocycles. The molecule has 0 spiro atoms. The Kier molecular flexibility index (Phi) is 4.78. The topological polar surface area (TPSA) is 29.5 Å². The number of aliphatic hydroxyl groups excluding tert-OH is 1. The van der Waals surface area contributed by atoms with Crippen molar-refractivity contribution in [3.8, 4) is 0 Å². The fraction of sp³-hybridized carbons (Fsp3) is 0.600. The fourth-order valence-corrected chi connectivity index (χ4v) is 3.49. The van der Waals surface area contributed by atoms with Gasteiger partial charge >= 0.3 is 0 Å². The summed E-state index contributed by atoms with van der Waals surface area (Å²) in [7, 11) is 0. The Bertz CT molecular complexity index is 450. The molecule has 1 aliphatic rings. The number of hydrogen-bond donors (Lipinski definition) is 1. The lowest BCUT2D eigenvalue weighted by atomic mass is 9.82. The summed E-state index contributed by atoms with van der Waals surface area (Å²) in [6.07, 6.45) is 0.348. The summed E-state index contributed by atoms with van der Waals surface area (Å²) in [5, 5.41) is 11.7. The molecule has 0 aromatic heterocycles. The highest BCUT2D eigenvalue weighted by atomic mass is 35.5. The first kappa shape index (κ1) is 15.1. The molecular weight excluding hydrogens is 283 g/mol. The Morgan fingerprint density at radius 3 is 2.42 bits per heavy atom. The smallest absolute Gasteiger partial charge is 0.0637 e. The van der Waals surface area contributed by atoms with Crippen molar-refractivity contribution in [2.45, 2.75) is 45.5 Å². The van der Waals surface area contributed by atoms with E-state index in [0.29, 0.717) is 22.4 Å². The minimum Gasteiger partial charge on any atom is -0.392 e. The molecule has 0 amide bonds. The molecule has 1 aromatic carbocycles. The molecule has 5 unspecified atom stereocenters. The fourth-order valence-electron chi connectivity index (χ4n) is 3.01. The third-order valence-electron chi connectivity index (χ3n) is 4.21. The Balaban J connectivity index is 2.10. The normalized spacial score (nSPS) is 32.5. The van der Waals surface area contributed by atoms with E-state index in [2.05, 4.69) is 13.8 Å². The molecule has 2 nitrogen and oxygen atoms in total. The molecule has 1 N–H and O–H groups in total. The summed E-state index contributed by atoms with van der Waals surface area (Å²) in [6.45, 7) is 6.21. The zero-order chi connectivity index (χ0) is 14.2. The highest BCUT2D eigenvalue weighted by Crippen LogP contribution is 2.36. The van der Waals surface area contributed by atoms with Crippen LogP contribution in [0, 0.1) is 11.8 Å². The van der Waals surface area contributed by atoms with E-state index in [1.165, 1.54) is 0 Å². The van der Waals surface area contributed by atoms with Crippen LogP contribution < -0.4 is 0 Å². The first-order chi connectivity index (χ1) is 8.90. The number of rotatable bonds is 3. The van der Waals surface area contributed by atoms with Gasteiger partial charge in [-0.15, -0.1) is 0 Å². The maximum absolute atomic E-state index is 10.5.